The maximum absolute atomic E-state index is 11.4. The first-order chi connectivity index (χ1) is 17.4. The molecule has 0 aromatic heterocycles. The van der Waals surface area contributed by atoms with E-state index in [1.165, 1.54) is 11.3 Å². The maximum atomic E-state index is 11.4. The molecule has 14 heteroatoms. The van der Waals surface area contributed by atoms with Gasteiger partial charge in [-0.05, 0) is 85.9 Å². The van der Waals surface area contributed by atoms with Crippen LogP contribution < -0.4 is 5.32 Å². The van der Waals surface area contributed by atoms with Gasteiger partial charge in [0.05, 0.1) is 11.8 Å². The second kappa shape index (κ2) is 28.0. The van der Waals surface area contributed by atoms with Crippen molar-refractivity contribution in [3.05, 3.63) is 0 Å². The Kier molecular flexibility index (Phi) is 33.9. The van der Waals surface area contributed by atoms with Crippen LogP contribution in [0.5, 0.6) is 0 Å². The number of carboxylic acids is 1. The molecule has 2 fully saturated rings. The average molecular weight is 596 g/mol. The van der Waals surface area contributed by atoms with E-state index in [0.29, 0.717) is 33.4 Å². The molecule has 9 nitrogen and oxygen atoms in total. The van der Waals surface area contributed by atoms with Crippen molar-refractivity contribution in [2.45, 2.75) is 100 Å². The van der Waals surface area contributed by atoms with Gasteiger partial charge in [0, 0.05) is 42.3 Å². The second-order valence-electron chi connectivity index (χ2n) is 10.0. The van der Waals surface area contributed by atoms with Crippen LogP contribution in [0.15, 0.2) is 0 Å². The van der Waals surface area contributed by atoms with E-state index < -0.39 is 5.97 Å². The lowest BCUT2D eigenvalue weighted by atomic mass is 10.0. The molecule has 2 heterocycles. The fraction of sp³-hybridized carbons (Fsp3) is 0.880. The SMILES string of the molecule is C.CC(=O)OC(C)(C)C.CC(C)(C)OC(=O)[C@@H]1CCNC1.CCO.CC[B]F.FF.O=C(O)[C@@H]1CCN(Cl)C1. The highest BCUT2D eigenvalue weighted by atomic mass is 35.5. The van der Waals surface area contributed by atoms with Gasteiger partial charge in [0.25, 0.3) is 0 Å². The van der Waals surface area contributed by atoms with Gasteiger partial charge in [-0.15, -0.1) is 0 Å². The minimum Gasteiger partial charge on any atom is -0.481 e. The molecule has 0 amide bonds. The molecule has 1 radical (unpaired) electrons. The number of esters is 2. The summed E-state index contributed by atoms with van der Waals surface area (Å²) in [6.45, 7) is 19.2. The van der Waals surface area contributed by atoms with Crippen LogP contribution in [-0.2, 0) is 23.9 Å². The molecule has 3 N–H and O–H groups in total. The zero-order valence-electron chi connectivity index (χ0n) is 24.3. The molecule has 2 rings (SSSR count). The van der Waals surface area contributed by atoms with Crippen LogP contribution >= 0.6 is 11.8 Å². The van der Waals surface area contributed by atoms with Crippen molar-refractivity contribution >= 4 is 37.2 Å². The van der Waals surface area contributed by atoms with Crippen LogP contribution in [0.2, 0.25) is 6.32 Å². The van der Waals surface area contributed by atoms with Crippen molar-refractivity contribution in [2.24, 2.45) is 11.8 Å². The summed E-state index contributed by atoms with van der Waals surface area (Å²) in [6, 6.07) is 0. The number of aliphatic hydroxyl groups excluding tert-OH is 1. The third-order valence-corrected chi connectivity index (χ3v) is 4.20. The highest BCUT2D eigenvalue weighted by Gasteiger charge is 2.27. The molecule has 235 valence electrons. The molecule has 0 aromatic rings. The van der Waals surface area contributed by atoms with Gasteiger partial charge in [0.1, 0.15) is 11.2 Å². The average Bonchev–Trinajstić information content (AvgIpc) is 3.46. The van der Waals surface area contributed by atoms with E-state index in [2.05, 4.69) is 5.32 Å². The van der Waals surface area contributed by atoms with Crippen molar-refractivity contribution in [2.75, 3.05) is 32.8 Å². The fourth-order valence-electron chi connectivity index (χ4n) is 2.59. The Bertz CT molecular complexity index is 603. The van der Waals surface area contributed by atoms with Gasteiger partial charge in [0.15, 0.2) is 0 Å². The van der Waals surface area contributed by atoms with Crippen LogP contribution in [0, 0.1) is 11.8 Å². The Hall–Kier alpha value is -1.57. The lowest BCUT2D eigenvalue weighted by Gasteiger charge is -2.21. The summed E-state index contributed by atoms with van der Waals surface area (Å²) >= 11 is 5.52. The van der Waals surface area contributed by atoms with E-state index in [1.807, 2.05) is 41.5 Å². The van der Waals surface area contributed by atoms with Crippen molar-refractivity contribution in [1.29, 1.82) is 0 Å². The van der Waals surface area contributed by atoms with Crippen molar-refractivity contribution < 1.29 is 47.5 Å². The molecular formula is C25H52BClF3N2O7. The lowest BCUT2D eigenvalue weighted by Crippen LogP contribution is -2.29. The number of nitrogens with one attached hydrogen (secondary N) is 1. The van der Waals surface area contributed by atoms with E-state index in [1.54, 1.807) is 13.8 Å². The summed E-state index contributed by atoms with van der Waals surface area (Å²) in [4.78, 5) is 31.9. The zero-order valence-corrected chi connectivity index (χ0v) is 25.0. The van der Waals surface area contributed by atoms with Crippen LogP contribution in [0.3, 0.4) is 0 Å². The third-order valence-electron chi connectivity index (χ3n) is 3.89. The first-order valence-electron chi connectivity index (χ1n) is 12.4. The summed E-state index contributed by atoms with van der Waals surface area (Å²) in [5.74, 6) is -1.20. The van der Waals surface area contributed by atoms with Gasteiger partial charge < -0.3 is 29.3 Å². The molecule has 2 aliphatic heterocycles. The summed E-state index contributed by atoms with van der Waals surface area (Å²) in [5, 5.41) is 19.2. The van der Waals surface area contributed by atoms with Gasteiger partial charge in [-0.2, -0.15) is 0 Å². The smallest absolute Gasteiger partial charge is 0.354 e. The van der Waals surface area contributed by atoms with Crippen LogP contribution in [0.1, 0.15) is 82.6 Å². The number of nitrogens with zero attached hydrogens (tertiary/aromatic N) is 1. The largest absolute Gasteiger partial charge is 0.481 e. The summed E-state index contributed by atoms with van der Waals surface area (Å²) in [7, 11) is 0.625. The number of rotatable bonds is 3. The molecule has 0 aromatic carbocycles. The Balaban J connectivity index is -0.000000129. The number of carboxylic acid groups (broad SMARTS) is 1. The topological polar surface area (TPSA) is 125 Å². The first kappa shape index (κ1) is 47.2. The highest BCUT2D eigenvalue weighted by Crippen LogP contribution is 2.17. The number of hydrogen-bond donors (Lipinski definition) is 3. The molecule has 0 bridgehead atoms. The minimum atomic E-state index is -0.738. The molecule has 2 atom stereocenters. The number of hydrogen-bond acceptors (Lipinski definition) is 8. The zero-order chi connectivity index (χ0) is 30.9. The Morgan fingerprint density at radius 2 is 1.46 bits per heavy atom. The predicted octanol–water partition coefficient (Wildman–Crippen LogP) is 5.32. The molecule has 39 heavy (non-hydrogen) atoms. The van der Waals surface area contributed by atoms with Crippen molar-refractivity contribution in [3.8, 4) is 0 Å². The molecular weight excluding hydrogens is 544 g/mol. The molecule has 0 aliphatic carbocycles. The van der Waals surface area contributed by atoms with E-state index in [9.17, 15) is 18.7 Å². The van der Waals surface area contributed by atoms with Crippen molar-refractivity contribution in [1.82, 2.24) is 9.74 Å². The second-order valence-corrected chi connectivity index (χ2v) is 10.5. The van der Waals surface area contributed by atoms with Crippen molar-refractivity contribution in [3.63, 3.8) is 0 Å². The van der Waals surface area contributed by atoms with Gasteiger partial charge >= 0.3 is 25.5 Å². The quantitative estimate of drug-likeness (QED) is 0.226. The monoisotopic (exact) mass is 595 g/mol. The van der Waals surface area contributed by atoms with Gasteiger partial charge in [-0.25, -0.2) is 4.42 Å². The number of halogens is 4. The predicted molar refractivity (Wildman–Crippen MR) is 151 cm³/mol. The number of aliphatic carboxylic acids is 1. The van der Waals surface area contributed by atoms with Crippen LogP contribution in [0.4, 0.5) is 13.5 Å². The number of ether oxygens (including phenoxy) is 2. The number of carbonyl (C=O) groups is 3. The number of carbonyl (C=O) groups excluding carboxylic acids is 2. The van der Waals surface area contributed by atoms with E-state index >= 15 is 0 Å². The molecule has 0 unspecified atom stereocenters. The Morgan fingerprint density at radius 3 is 1.64 bits per heavy atom. The third kappa shape index (κ3) is 38.6. The standard InChI is InChI=1S/C9H17NO2.C6H12O2.C5H8ClNO2.C2H5BF.C2H6O.CH4.F2/c1-9(2,3)12-8(11)7-4-5-10-6-7;1-5(7)8-6(2,3)4;6-7-2-1-4(3-7)5(8)9;1-2-3-4;1-2-3;;1-2/h7,10H,4-6H2,1-3H3;1-4H3;4H,1-3H2,(H,8,9);2H2,1H3;3H,2H2,1H3;1H4;/t7-;;4-;;;;/m1.1..../s1. The normalized spacial score (nSPS) is 17.6. The fourth-order valence-corrected chi connectivity index (χ4v) is 2.86. The minimum absolute atomic E-state index is 0. The summed E-state index contributed by atoms with van der Waals surface area (Å²) in [6.07, 6.45) is 2.12. The first-order valence-corrected chi connectivity index (χ1v) is 12.7. The molecule has 0 saturated carbocycles. The van der Waals surface area contributed by atoms with Crippen LogP contribution in [-0.4, -0.2) is 84.1 Å². The van der Waals surface area contributed by atoms with E-state index in [4.69, 9.17) is 40.6 Å². The molecule has 2 aliphatic rings. The van der Waals surface area contributed by atoms with E-state index in [-0.39, 0.29) is 49.0 Å². The van der Waals surface area contributed by atoms with Gasteiger partial charge in [-0.1, -0.05) is 14.4 Å². The lowest BCUT2D eigenvalue weighted by molar-refractivity contribution is -0.159. The summed E-state index contributed by atoms with van der Waals surface area (Å²) in [5.41, 5.74) is -0.675. The van der Waals surface area contributed by atoms with Gasteiger partial charge in [-0.3, -0.25) is 14.4 Å². The number of aliphatic hydroxyl groups is 1. The van der Waals surface area contributed by atoms with Crippen LogP contribution in [0.25, 0.3) is 0 Å². The highest BCUT2D eigenvalue weighted by molar-refractivity contribution is 6.25. The maximum Gasteiger partial charge on any atom is 0.354 e. The molecule has 2 saturated heterocycles. The van der Waals surface area contributed by atoms with Gasteiger partial charge in [0.2, 0.25) is 0 Å². The summed E-state index contributed by atoms with van der Waals surface area (Å²) < 4.78 is 38.2. The Labute approximate surface area is 239 Å². The Morgan fingerprint density at radius 1 is 1.03 bits per heavy atom. The molecule has 0 spiro atoms. The van der Waals surface area contributed by atoms with E-state index in [0.717, 1.165) is 19.5 Å².